The zero-order valence-electron chi connectivity index (χ0n) is 11.0. The molecule has 6 nitrogen and oxygen atoms in total. The molecule has 102 valence electrons. The number of H-pyrrole nitrogens is 2. The Labute approximate surface area is 112 Å². The van der Waals surface area contributed by atoms with Crippen LogP contribution in [0, 0.1) is 0 Å². The number of aromatic nitrogens is 4. The predicted octanol–water partition coefficient (Wildman–Crippen LogP) is 1.14. The molecule has 0 spiro atoms. The van der Waals surface area contributed by atoms with Crippen molar-refractivity contribution in [3.05, 3.63) is 36.2 Å². The number of hydrogen-bond acceptors (Lipinski definition) is 4. The Morgan fingerprint density at radius 2 is 2.47 bits per heavy atom. The molecule has 3 heterocycles. The van der Waals surface area contributed by atoms with E-state index in [-0.39, 0.29) is 0 Å². The lowest BCUT2D eigenvalue weighted by Crippen LogP contribution is -2.28. The molecule has 1 fully saturated rings. The number of nitrogens with zero attached hydrogens (tertiary/aromatic N) is 3. The normalized spacial score (nSPS) is 24.1. The summed E-state index contributed by atoms with van der Waals surface area (Å²) in [5.41, 5.74) is 1.24. The third-order valence-corrected chi connectivity index (χ3v) is 3.78. The molecule has 19 heavy (non-hydrogen) atoms. The average molecular weight is 261 g/mol. The van der Waals surface area contributed by atoms with Crippen LogP contribution in [-0.4, -0.2) is 51.4 Å². The number of imidazole rings is 1. The van der Waals surface area contributed by atoms with Crippen molar-refractivity contribution in [3.8, 4) is 0 Å². The summed E-state index contributed by atoms with van der Waals surface area (Å²) in [6.07, 6.45) is 9.80. The molecular formula is C13H19N5O. The lowest BCUT2D eigenvalue weighted by Gasteiger charge is -2.22. The molecule has 2 atom stereocenters. The zero-order valence-corrected chi connectivity index (χ0v) is 11.0. The minimum atomic E-state index is 0.291. The molecule has 1 saturated heterocycles. The van der Waals surface area contributed by atoms with Crippen LogP contribution in [-0.2, 0) is 11.2 Å². The van der Waals surface area contributed by atoms with Crippen molar-refractivity contribution in [2.24, 2.45) is 0 Å². The maximum absolute atomic E-state index is 5.50. The number of hydrogen-bond donors (Lipinski definition) is 2. The predicted molar refractivity (Wildman–Crippen MR) is 70.6 cm³/mol. The van der Waals surface area contributed by atoms with Gasteiger partial charge in [-0.05, 0) is 18.4 Å². The first kappa shape index (κ1) is 12.4. The molecule has 2 N–H and O–H groups in total. The van der Waals surface area contributed by atoms with Crippen LogP contribution in [0.3, 0.4) is 0 Å². The van der Waals surface area contributed by atoms with E-state index in [0.29, 0.717) is 12.1 Å². The van der Waals surface area contributed by atoms with E-state index >= 15 is 0 Å². The maximum Gasteiger partial charge on any atom is 0.123 e. The summed E-state index contributed by atoms with van der Waals surface area (Å²) in [7, 11) is 1.78. The number of rotatable bonds is 5. The van der Waals surface area contributed by atoms with Crippen molar-refractivity contribution in [3.63, 3.8) is 0 Å². The SMILES string of the molecule is CO[C@@H]1CC(c2ncc[nH]2)N(CCc2cn[nH]c2)C1. The number of nitrogens with one attached hydrogen (secondary N) is 2. The summed E-state index contributed by atoms with van der Waals surface area (Å²) >= 11 is 0. The van der Waals surface area contributed by atoms with Crippen LogP contribution in [0.5, 0.6) is 0 Å². The Morgan fingerprint density at radius 3 is 3.16 bits per heavy atom. The van der Waals surface area contributed by atoms with Crippen LogP contribution in [0.2, 0.25) is 0 Å². The van der Waals surface area contributed by atoms with Crippen molar-refractivity contribution in [2.45, 2.75) is 25.0 Å². The Morgan fingerprint density at radius 1 is 1.53 bits per heavy atom. The largest absolute Gasteiger partial charge is 0.380 e. The van der Waals surface area contributed by atoms with Gasteiger partial charge >= 0.3 is 0 Å². The zero-order chi connectivity index (χ0) is 13.1. The number of methoxy groups -OCH3 is 1. The van der Waals surface area contributed by atoms with E-state index in [9.17, 15) is 0 Å². The third-order valence-electron chi connectivity index (χ3n) is 3.78. The molecule has 1 aliphatic heterocycles. The standard InChI is InChI=1S/C13H19N5O/c1-19-11-6-12(13-14-3-4-15-13)18(9-11)5-2-10-7-16-17-8-10/h3-4,7-8,11-12H,2,5-6,9H2,1H3,(H,14,15)(H,16,17)/t11-,12?/m1/s1. The molecule has 0 bridgehead atoms. The highest BCUT2D eigenvalue weighted by Gasteiger charge is 2.34. The molecule has 0 radical (unpaired) electrons. The monoisotopic (exact) mass is 261 g/mol. The van der Waals surface area contributed by atoms with E-state index in [4.69, 9.17) is 4.74 Å². The van der Waals surface area contributed by atoms with E-state index in [1.54, 1.807) is 7.11 Å². The molecule has 1 unspecified atom stereocenters. The first-order valence-electron chi connectivity index (χ1n) is 6.60. The first-order valence-corrected chi connectivity index (χ1v) is 6.60. The highest BCUT2D eigenvalue weighted by molar-refractivity contribution is 5.06. The van der Waals surface area contributed by atoms with Crippen LogP contribution >= 0.6 is 0 Å². The first-order chi connectivity index (χ1) is 9.36. The molecule has 0 saturated carbocycles. The fourth-order valence-corrected chi connectivity index (χ4v) is 2.71. The van der Waals surface area contributed by atoms with Gasteiger partial charge < -0.3 is 9.72 Å². The third kappa shape index (κ3) is 2.69. The summed E-state index contributed by atoms with van der Waals surface area (Å²) in [5.74, 6) is 1.03. The van der Waals surface area contributed by atoms with E-state index in [1.165, 1.54) is 5.56 Å². The molecule has 1 aliphatic rings. The Kier molecular flexibility index (Phi) is 3.61. The number of likely N-dealkylation sites (tertiary alicyclic amines) is 1. The van der Waals surface area contributed by atoms with Crippen LogP contribution in [0.15, 0.2) is 24.8 Å². The topological polar surface area (TPSA) is 69.8 Å². The fraction of sp³-hybridized carbons (Fsp3) is 0.538. The quantitative estimate of drug-likeness (QED) is 0.846. The number of ether oxygens (including phenoxy) is 1. The minimum Gasteiger partial charge on any atom is -0.380 e. The summed E-state index contributed by atoms with van der Waals surface area (Å²) in [6, 6.07) is 0.326. The second kappa shape index (κ2) is 5.54. The van der Waals surface area contributed by atoms with Crippen molar-refractivity contribution in [2.75, 3.05) is 20.2 Å². The van der Waals surface area contributed by atoms with Crippen molar-refractivity contribution >= 4 is 0 Å². The van der Waals surface area contributed by atoms with Gasteiger partial charge in [0.2, 0.25) is 0 Å². The Bertz CT molecular complexity index is 481. The fourth-order valence-electron chi connectivity index (χ4n) is 2.71. The Hall–Kier alpha value is -1.66. The lowest BCUT2D eigenvalue weighted by molar-refractivity contribution is 0.108. The summed E-state index contributed by atoms with van der Waals surface area (Å²) < 4.78 is 5.50. The second-order valence-corrected chi connectivity index (χ2v) is 4.94. The van der Waals surface area contributed by atoms with Gasteiger partial charge in [-0.1, -0.05) is 0 Å². The molecule has 0 aromatic carbocycles. The Balaban J connectivity index is 1.67. The summed E-state index contributed by atoms with van der Waals surface area (Å²) in [4.78, 5) is 10.0. The molecule has 2 aromatic rings. The van der Waals surface area contributed by atoms with Gasteiger partial charge in [0.05, 0.1) is 18.3 Å². The summed E-state index contributed by atoms with van der Waals surface area (Å²) in [5, 5.41) is 6.83. The number of aromatic amines is 2. The van der Waals surface area contributed by atoms with Gasteiger partial charge in [-0.2, -0.15) is 5.10 Å². The molecular weight excluding hydrogens is 242 g/mol. The van der Waals surface area contributed by atoms with Gasteiger partial charge in [0.25, 0.3) is 0 Å². The van der Waals surface area contributed by atoms with E-state index in [2.05, 4.69) is 25.1 Å². The molecule has 0 aliphatic carbocycles. The van der Waals surface area contributed by atoms with Gasteiger partial charge in [-0.15, -0.1) is 0 Å². The molecule has 2 aromatic heterocycles. The van der Waals surface area contributed by atoms with Crippen LogP contribution in [0.25, 0.3) is 0 Å². The van der Waals surface area contributed by atoms with Gasteiger partial charge in [0.1, 0.15) is 5.82 Å². The van der Waals surface area contributed by atoms with Gasteiger partial charge in [0.15, 0.2) is 0 Å². The molecule has 0 amide bonds. The minimum absolute atomic E-state index is 0.291. The van der Waals surface area contributed by atoms with Crippen LogP contribution in [0.1, 0.15) is 23.9 Å². The van der Waals surface area contributed by atoms with Crippen molar-refractivity contribution < 1.29 is 4.74 Å². The van der Waals surface area contributed by atoms with Gasteiger partial charge in [0, 0.05) is 38.8 Å². The second-order valence-electron chi connectivity index (χ2n) is 4.94. The smallest absolute Gasteiger partial charge is 0.123 e. The average Bonchev–Trinajstić information content (AvgIpc) is 3.16. The van der Waals surface area contributed by atoms with Crippen molar-refractivity contribution in [1.29, 1.82) is 0 Å². The van der Waals surface area contributed by atoms with Crippen LogP contribution < -0.4 is 0 Å². The van der Waals surface area contributed by atoms with Gasteiger partial charge in [-0.25, -0.2) is 4.98 Å². The van der Waals surface area contributed by atoms with E-state index in [1.807, 2.05) is 24.8 Å². The van der Waals surface area contributed by atoms with E-state index in [0.717, 1.165) is 31.8 Å². The van der Waals surface area contributed by atoms with Crippen molar-refractivity contribution in [1.82, 2.24) is 25.1 Å². The van der Waals surface area contributed by atoms with Crippen LogP contribution in [0.4, 0.5) is 0 Å². The molecule has 3 rings (SSSR count). The lowest BCUT2D eigenvalue weighted by atomic mass is 10.2. The highest BCUT2D eigenvalue weighted by Crippen LogP contribution is 2.31. The van der Waals surface area contributed by atoms with E-state index < -0.39 is 0 Å². The molecule has 6 heteroatoms. The summed E-state index contributed by atoms with van der Waals surface area (Å²) in [6.45, 7) is 1.95. The van der Waals surface area contributed by atoms with Gasteiger partial charge in [-0.3, -0.25) is 10.00 Å². The maximum atomic E-state index is 5.50. The highest BCUT2D eigenvalue weighted by atomic mass is 16.5.